The number of amides is 1. The molecule has 17 heavy (non-hydrogen) atoms. The minimum absolute atomic E-state index is 0.0729. The van der Waals surface area contributed by atoms with Crippen molar-refractivity contribution in [2.75, 3.05) is 21.2 Å². The number of benzene rings is 1. The van der Waals surface area contributed by atoms with Crippen LogP contribution in [0.15, 0.2) is 18.2 Å². The van der Waals surface area contributed by atoms with Crippen LogP contribution in [0.5, 0.6) is 5.75 Å². The Labute approximate surface area is 106 Å². The van der Waals surface area contributed by atoms with E-state index in [1.807, 2.05) is 13.0 Å². The maximum atomic E-state index is 11.8. The highest BCUT2D eigenvalue weighted by molar-refractivity contribution is 6.32. The molecule has 0 saturated carbocycles. The average Bonchev–Trinajstić information content (AvgIpc) is 2.27. The van der Waals surface area contributed by atoms with Gasteiger partial charge < -0.3 is 4.74 Å². The van der Waals surface area contributed by atoms with Gasteiger partial charge in [0.05, 0.1) is 18.1 Å². The standard InChI is InChI=1S/C12H17ClN2O2/c1-8(12(16)14-15(2)3)9-5-6-11(17-4)10(13)7-9/h5-8H,1-4H3,(H,14,16). The van der Waals surface area contributed by atoms with E-state index in [0.29, 0.717) is 10.8 Å². The quantitative estimate of drug-likeness (QED) is 0.839. The molecule has 1 aromatic carbocycles. The van der Waals surface area contributed by atoms with Crippen molar-refractivity contribution in [2.24, 2.45) is 0 Å². The van der Waals surface area contributed by atoms with Crippen LogP contribution in [0, 0.1) is 0 Å². The highest BCUT2D eigenvalue weighted by Gasteiger charge is 2.16. The molecule has 1 rings (SSSR count). The molecule has 5 heteroatoms. The summed E-state index contributed by atoms with van der Waals surface area (Å²) < 4.78 is 5.06. The molecule has 4 nitrogen and oxygen atoms in total. The molecule has 1 N–H and O–H groups in total. The fourth-order valence-electron chi connectivity index (χ4n) is 1.42. The maximum absolute atomic E-state index is 11.8. The Morgan fingerprint density at radius 2 is 2.12 bits per heavy atom. The molecule has 0 bridgehead atoms. The summed E-state index contributed by atoms with van der Waals surface area (Å²) in [5.74, 6) is 0.271. The third kappa shape index (κ3) is 3.61. The molecule has 0 aliphatic carbocycles. The van der Waals surface area contributed by atoms with Gasteiger partial charge in [-0.15, -0.1) is 0 Å². The molecular weight excluding hydrogens is 240 g/mol. The Hall–Kier alpha value is -1.26. The number of rotatable bonds is 4. The number of ether oxygens (including phenoxy) is 1. The Bertz CT molecular complexity index is 407. The number of carbonyl (C=O) groups excluding carboxylic acids is 1. The second-order valence-electron chi connectivity index (χ2n) is 3.99. The summed E-state index contributed by atoms with van der Waals surface area (Å²) in [6.45, 7) is 1.83. The third-order valence-corrected chi connectivity index (χ3v) is 2.70. The van der Waals surface area contributed by atoms with Gasteiger partial charge in [-0.3, -0.25) is 10.2 Å². The van der Waals surface area contributed by atoms with Crippen molar-refractivity contribution >= 4 is 17.5 Å². The molecule has 0 fully saturated rings. The minimum Gasteiger partial charge on any atom is -0.495 e. The SMILES string of the molecule is COc1ccc(C(C)C(=O)NN(C)C)cc1Cl. The van der Waals surface area contributed by atoms with Crippen molar-refractivity contribution in [1.29, 1.82) is 0 Å². The van der Waals surface area contributed by atoms with E-state index in [0.717, 1.165) is 5.56 Å². The maximum Gasteiger partial charge on any atom is 0.241 e. The van der Waals surface area contributed by atoms with Gasteiger partial charge in [0, 0.05) is 14.1 Å². The fraction of sp³-hybridized carbons (Fsp3) is 0.417. The van der Waals surface area contributed by atoms with E-state index < -0.39 is 0 Å². The summed E-state index contributed by atoms with van der Waals surface area (Å²) in [4.78, 5) is 11.8. The number of hydrogen-bond acceptors (Lipinski definition) is 3. The Balaban J connectivity index is 2.85. The fourth-order valence-corrected chi connectivity index (χ4v) is 1.69. The van der Waals surface area contributed by atoms with Gasteiger partial charge in [-0.05, 0) is 24.6 Å². The molecule has 1 aromatic rings. The number of hydrazine groups is 1. The van der Waals surface area contributed by atoms with Gasteiger partial charge in [-0.25, -0.2) is 5.01 Å². The van der Waals surface area contributed by atoms with E-state index in [4.69, 9.17) is 16.3 Å². The van der Waals surface area contributed by atoms with E-state index in [2.05, 4.69) is 5.43 Å². The van der Waals surface area contributed by atoms with Crippen molar-refractivity contribution in [1.82, 2.24) is 10.4 Å². The molecule has 0 spiro atoms. The number of methoxy groups -OCH3 is 1. The zero-order valence-electron chi connectivity index (χ0n) is 10.5. The lowest BCUT2D eigenvalue weighted by Crippen LogP contribution is -2.38. The van der Waals surface area contributed by atoms with Crippen LogP contribution in [0.3, 0.4) is 0 Å². The summed E-state index contributed by atoms with van der Waals surface area (Å²) in [5, 5.41) is 2.12. The van der Waals surface area contributed by atoms with E-state index in [1.54, 1.807) is 38.3 Å². The average molecular weight is 257 g/mol. The Morgan fingerprint density at radius 1 is 1.47 bits per heavy atom. The number of carbonyl (C=O) groups is 1. The first-order valence-corrected chi connectivity index (χ1v) is 5.64. The first-order chi connectivity index (χ1) is 7.95. The van der Waals surface area contributed by atoms with Crippen molar-refractivity contribution in [3.05, 3.63) is 28.8 Å². The van der Waals surface area contributed by atoms with Crippen molar-refractivity contribution in [3.63, 3.8) is 0 Å². The van der Waals surface area contributed by atoms with Gasteiger partial charge in [0.2, 0.25) is 5.91 Å². The molecular formula is C12H17ClN2O2. The van der Waals surface area contributed by atoms with Crippen LogP contribution in [0.25, 0.3) is 0 Å². The highest BCUT2D eigenvalue weighted by Crippen LogP contribution is 2.28. The second kappa shape index (κ2) is 5.89. The predicted octanol–water partition coefficient (Wildman–Crippen LogP) is 2.04. The minimum atomic E-state index is -0.263. The van der Waals surface area contributed by atoms with E-state index in [1.165, 1.54) is 0 Å². The van der Waals surface area contributed by atoms with Crippen molar-refractivity contribution < 1.29 is 9.53 Å². The lowest BCUT2D eigenvalue weighted by molar-refractivity contribution is -0.125. The molecule has 1 amide bonds. The molecule has 0 aliphatic heterocycles. The van der Waals surface area contributed by atoms with Gasteiger partial charge in [0.25, 0.3) is 0 Å². The van der Waals surface area contributed by atoms with Gasteiger partial charge in [0.15, 0.2) is 0 Å². The first-order valence-electron chi connectivity index (χ1n) is 5.27. The van der Waals surface area contributed by atoms with Crippen LogP contribution in [-0.4, -0.2) is 32.1 Å². The highest BCUT2D eigenvalue weighted by atomic mass is 35.5. The van der Waals surface area contributed by atoms with Crippen LogP contribution in [0.2, 0.25) is 5.02 Å². The van der Waals surface area contributed by atoms with E-state index in [-0.39, 0.29) is 11.8 Å². The summed E-state index contributed by atoms with van der Waals surface area (Å²) in [6, 6.07) is 5.35. The van der Waals surface area contributed by atoms with Gasteiger partial charge >= 0.3 is 0 Å². The van der Waals surface area contributed by atoms with Crippen LogP contribution >= 0.6 is 11.6 Å². The number of nitrogens with zero attached hydrogens (tertiary/aromatic N) is 1. The van der Waals surface area contributed by atoms with Crippen molar-refractivity contribution in [2.45, 2.75) is 12.8 Å². The molecule has 0 saturated heterocycles. The smallest absolute Gasteiger partial charge is 0.241 e. The van der Waals surface area contributed by atoms with Crippen LogP contribution in [0.4, 0.5) is 0 Å². The Morgan fingerprint density at radius 3 is 2.59 bits per heavy atom. The first kappa shape index (κ1) is 13.8. The lowest BCUT2D eigenvalue weighted by Gasteiger charge is -2.17. The number of hydrogen-bond donors (Lipinski definition) is 1. The molecule has 0 heterocycles. The van der Waals surface area contributed by atoms with E-state index in [9.17, 15) is 4.79 Å². The van der Waals surface area contributed by atoms with Crippen molar-refractivity contribution in [3.8, 4) is 5.75 Å². The Kier molecular flexibility index (Phi) is 4.78. The third-order valence-electron chi connectivity index (χ3n) is 2.40. The molecule has 0 aliphatic rings. The topological polar surface area (TPSA) is 41.6 Å². The summed E-state index contributed by atoms with van der Waals surface area (Å²) in [6.07, 6.45) is 0. The van der Waals surface area contributed by atoms with Gasteiger partial charge in [-0.2, -0.15) is 0 Å². The van der Waals surface area contributed by atoms with E-state index >= 15 is 0 Å². The molecule has 94 valence electrons. The van der Waals surface area contributed by atoms with Crippen LogP contribution in [0.1, 0.15) is 18.4 Å². The van der Waals surface area contributed by atoms with Gasteiger partial charge in [0.1, 0.15) is 5.75 Å². The predicted molar refractivity (Wildman–Crippen MR) is 68.2 cm³/mol. The zero-order valence-corrected chi connectivity index (χ0v) is 11.2. The lowest BCUT2D eigenvalue weighted by atomic mass is 10.0. The largest absolute Gasteiger partial charge is 0.495 e. The summed E-state index contributed by atoms with van der Waals surface area (Å²) in [7, 11) is 5.10. The second-order valence-corrected chi connectivity index (χ2v) is 4.39. The molecule has 1 unspecified atom stereocenters. The summed E-state index contributed by atoms with van der Waals surface area (Å²) in [5.41, 5.74) is 3.57. The monoisotopic (exact) mass is 256 g/mol. The molecule has 0 radical (unpaired) electrons. The number of halogens is 1. The van der Waals surface area contributed by atoms with Gasteiger partial charge in [-0.1, -0.05) is 17.7 Å². The normalized spacial score (nSPS) is 12.4. The van der Waals surface area contributed by atoms with Crippen LogP contribution in [-0.2, 0) is 4.79 Å². The number of nitrogens with one attached hydrogen (secondary N) is 1. The zero-order chi connectivity index (χ0) is 13.0. The molecule has 1 atom stereocenters. The van der Waals surface area contributed by atoms with Crippen LogP contribution < -0.4 is 10.2 Å². The summed E-state index contributed by atoms with van der Waals surface area (Å²) >= 11 is 6.02. The molecule has 0 aromatic heterocycles.